The van der Waals surface area contributed by atoms with Crippen LogP contribution in [0.5, 0.6) is 6.01 Å². The summed E-state index contributed by atoms with van der Waals surface area (Å²) < 4.78 is 5.26. The largest absolute Gasteiger partial charge is 0.464 e. The zero-order valence-corrected chi connectivity index (χ0v) is 11.4. The van der Waals surface area contributed by atoms with Crippen molar-refractivity contribution in [1.82, 2.24) is 15.0 Å². The minimum absolute atomic E-state index is 0.262. The highest BCUT2D eigenvalue weighted by molar-refractivity contribution is 5.35. The highest BCUT2D eigenvalue weighted by atomic mass is 16.5. The van der Waals surface area contributed by atoms with Gasteiger partial charge in [0.25, 0.3) is 0 Å². The summed E-state index contributed by atoms with van der Waals surface area (Å²) in [4.78, 5) is 12.3. The number of nitrogen functional groups attached to an aromatic ring is 1. The van der Waals surface area contributed by atoms with E-state index < -0.39 is 0 Å². The number of aromatic nitrogens is 3. The molecule has 7 nitrogen and oxygen atoms in total. The number of nitrogens with two attached hydrogens (primary N) is 1. The number of nitrogens with one attached hydrogen (secondary N) is 2. The summed E-state index contributed by atoms with van der Waals surface area (Å²) in [6.45, 7) is 8.77. The third kappa shape index (κ3) is 3.99. The summed E-state index contributed by atoms with van der Waals surface area (Å²) >= 11 is 0. The lowest BCUT2D eigenvalue weighted by molar-refractivity contribution is 0.312. The molecule has 0 fully saturated rings. The molecule has 1 rings (SSSR count). The minimum Gasteiger partial charge on any atom is -0.464 e. The van der Waals surface area contributed by atoms with Gasteiger partial charge in [0.15, 0.2) is 0 Å². The van der Waals surface area contributed by atoms with Crippen molar-refractivity contribution < 1.29 is 4.74 Å². The number of rotatable bonds is 7. The maximum atomic E-state index is 5.31. The van der Waals surface area contributed by atoms with Crippen LogP contribution in [0.4, 0.5) is 11.9 Å². The van der Waals surface area contributed by atoms with Gasteiger partial charge < -0.3 is 10.1 Å². The molecule has 2 unspecified atom stereocenters. The summed E-state index contributed by atoms with van der Waals surface area (Å²) in [6.07, 6.45) is 1.08. The Bertz CT molecular complexity index is 373. The van der Waals surface area contributed by atoms with E-state index in [2.05, 4.69) is 46.5 Å². The number of hydrogen-bond acceptors (Lipinski definition) is 7. The Kier molecular flexibility index (Phi) is 5.57. The van der Waals surface area contributed by atoms with Gasteiger partial charge in [-0.2, -0.15) is 15.0 Å². The second-order valence-electron chi connectivity index (χ2n) is 4.16. The molecule has 18 heavy (non-hydrogen) atoms. The maximum Gasteiger partial charge on any atom is 0.323 e. The van der Waals surface area contributed by atoms with Crippen molar-refractivity contribution in [3.63, 3.8) is 0 Å². The van der Waals surface area contributed by atoms with Crippen LogP contribution in [0.25, 0.3) is 0 Å². The predicted octanol–water partition coefficient (Wildman–Crippen LogP) is 1.40. The zero-order valence-electron chi connectivity index (χ0n) is 11.4. The van der Waals surface area contributed by atoms with E-state index in [9.17, 15) is 0 Å². The normalized spacial score (nSPS) is 13.8. The van der Waals surface area contributed by atoms with Gasteiger partial charge in [0.1, 0.15) is 0 Å². The molecule has 0 saturated carbocycles. The molecule has 2 atom stereocenters. The molecule has 0 aliphatic carbocycles. The first-order valence-corrected chi connectivity index (χ1v) is 6.22. The van der Waals surface area contributed by atoms with Gasteiger partial charge in [-0.1, -0.05) is 20.3 Å². The molecule has 1 aromatic rings. The van der Waals surface area contributed by atoms with Gasteiger partial charge >= 0.3 is 6.01 Å². The summed E-state index contributed by atoms with van der Waals surface area (Å²) in [5, 5.41) is 3.23. The van der Waals surface area contributed by atoms with Gasteiger partial charge in [0.05, 0.1) is 6.61 Å². The van der Waals surface area contributed by atoms with E-state index in [-0.39, 0.29) is 18.0 Å². The summed E-state index contributed by atoms with van der Waals surface area (Å²) in [5.41, 5.74) is 2.40. The average molecular weight is 254 g/mol. The lowest BCUT2D eigenvalue weighted by Gasteiger charge is -2.20. The quantitative estimate of drug-likeness (QED) is 0.499. The SMILES string of the molecule is CCOc1nc(NN)nc(NC(C)C(C)CC)n1. The highest BCUT2D eigenvalue weighted by Gasteiger charge is 2.13. The number of hydrazine groups is 1. The highest BCUT2D eigenvalue weighted by Crippen LogP contribution is 2.15. The molecule has 0 amide bonds. The zero-order chi connectivity index (χ0) is 13.5. The van der Waals surface area contributed by atoms with Crippen LogP contribution in [0.1, 0.15) is 34.1 Å². The smallest absolute Gasteiger partial charge is 0.323 e. The molecule has 4 N–H and O–H groups in total. The molecule has 1 aromatic heterocycles. The second kappa shape index (κ2) is 6.95. The third-order valence-electron chi connectivity index (χ3n) is 2.87. The molecule has 0 bridgehead atoms. The van der Waals surface area contributed by atoms with Crippen LogP contribution in [-0.4, -0.2) is 27.6 Å². The standard InChI is InChI=1S/C11H22N6O/c1-5-7(3)8(4)13-9-14-10(17-12)16-11(15-9)18-6-2/h7-8H,5-6,12H2,1-4H3,(H2,13,14,15,16,17). The lowest BCUT2D eigenvalue weighted by atomic mass is 10.0. The van der Waals surface area contributed by atoms with E-state index in [0.29, 0.717) is 18.5 Å². The fraction of sp³-hybridized carbons (Fsp3) is 0.727. The molecule has 0 aliphatic heterocycles. The van der Waals surface area contributed by atoms with E-state index in [4.69, 9.17) is 10.6 Å². The summed E-state index contributed by atoms with van der Waals surface area (Å²) in [5.74, 6) is 6.59. The second-order valence-corrected chi connectivity index (χ2v) is 4.16. The lowest BCUT2D eigenvalue weighted by Crippen LogP contribution is -2.25. The first-order valence-electron chi connectivity index (χ1n) is 6.22. The molecule has 0 radical (unpaired) electrons. The minimum atomic E-state index is 0.262. The van der Waals surface area contributed by atoms with Crippen molar-refractivity contribution in [2.45, 2.75) is 40.2 Å². The van der Waals surface area contributed by atoms with E-state index in [1.54, 1.807) is 0 Å². The van der Waals surface area contributed by atoms with Gasteiger partial charge in [-0.25, -0.2) is 5.84 Å². The van der Waals surface area contributed by atoms with E-state index in [1.807, 2.05) is 6.92 Å². The fourth-order valence-electron chi connectivity index (χ4n) is 1.38. The Morgan fingerprint density at radius 3 is 2.39 bits per heavy atom. The van der Waals surface area contributed by atoms with E-state index in [0.717, 1.165) is 6.42 Å². The summed E-state index contributed by atoms with van der Waals surface area (Å²) in [7, 11) is 0. The van der Waals surface area contributed by atoms with Crippen molar-refractivity contribution in [2.75, 3.05) is 17.3 Å². The molecule has 1 heterocycles. The van der Waals surface area contributed by atoms with E-state index >= 15 is 0 Å². The predicted molar refractivity (Wildman–Crippen MR) is 71.3 cm³/mol. The topological polar surface area (TPSA) is 98.0 Å². The van der Waals surface area contributed by atoms with Crippen LogP contribution < -0.4 is 21.3 Å². The first kappa shape index (κ1) is 14.4. The maximum absolute atomic E-state index is 5.31. The van der Waals surface area contributed by atoms with Crippen molar-refractivity contribution in [2.24, 2.45) is 11.8 Å². The van der Waals surface area contributed by atoms with Crippen molar-refractivity contribution >= 4 is 11.9 Å². The van der Waals surface area contributed by atoms with Crippen LogP contribution in [0.3, 0.4) is 0 Å². The number of hydrogen-bond donors (Lipinski definition) is 3. The number of anilines is 2. The Morgan fingerprint density at radius 2 is 1.83 bits per heavy atom. The van der Waals surface area contributed by atoms with Crippen molar-refractivity contribution in [3.05, 3.63) is 0 Å². The van der Waals surface area contributed by atoms with Gasteiger partial charge in [0.2, 0.25) is 11.9 Å². The van der Waals surface area contributed by atoms with Crippen LogP contribution in [-0.2, 0) is 0 Å². The average Bonchev–Trinajstić information content (AvgIpc) is 2.37. The van der Waals surface area contributed by atoms with Crippen LogP contribution in [0, 0.1) is 5.92 Å². The van der Waals surface area contributed by atoms with Gasteiger partial charge in [-0.05, 0) is 19.8 Å². The van der Waals surface area contributed by atoms with Crippen LogP contribution in [0.15, 0.2) is 0 Å². The van der Waals surface area contributed by atoms with Crippen molar-refractivity contribution in [3.8, 4) is 6.01 Å². The number of nitrogens with zero attached hydrogens (tertiary/aromatic N) is 3. The molecule has 0 spiro atoms. The molecule has 0 aliphatic rings. The fourth-order valence-corrected chi connectivity index (χ4v) is 1.38. The molecular formula is C11H22N6O. The third-order valence-corrected chi connectivity index (χ3v) is 2.87. The van der Waals surface area contributed by atoms with Gasteiger partial charge in [-0.3, -0.25) is 5.43 Å². The Morgan fingerprint density at radius 1 is 1.17 bits per heavy atom. The van der Waals surface area contributed by atoms with Gasteiger partial charge in [-0.15, -0.1) is 0 Å². The van der Waals surface area contributed by atoms with Crippen molar-refractivity contribution in [1.29, 1.82) is 0 Å². The molecule has 102 valence electrons. The Hall–Kier alpha value is -1.63. The molecule has 0 saturated heterocycles. The monoisotopic (exact) mass is 254 g/mol. The number of ether oxygens (including phenoxy) is 1. The van der Waals surface area contributed by atoms with Crippen LogP contribution >= 0.6 is 0 Å². The van der Waals surface area contributed by atoms with E-state index in [1.165, 1.54) is 0 Å². The van der Waals surface area contributed by atoms with Crippen LogP contribution in [0.2, 0.25) is 0 Å². The molecular weight excluding hydrogens is 232 g/mol. The van der Waals surface area contributed by atoms with Gasteiger partial charge in [0, 0.05) is 6.04 Å². The first-order chi connectivity index (χ1) is 8.60. The Labute approximate surface area is 108 Å². The Balaban J connectivity index is 2.83. The molecule has 0 aromatic carbocycles. The molecule has 7 heteroatoms. The summed E-state index contributed by atoms with van der Waals surface area (Å²) in [6, 6.07) is 0.525.